The number of anilines is 3. The largest absolute Gasteiger partial charge is 0.461 e. The summed E-state index contributed by atoms with van der Waals surface area (Å²) in [5.74, 6) is 2.08. The van der Waals surface area contributed by atoms with E-state index in [2.05, 4.69) is 182 Å². The Kier molecular flexibility index (Phi) is 7.83. The lowest BCUT2D eigenvalue weighted by molar-refractivity contribution is 0.381. The number of hydrogen-bond acceptors (Lipinski definition) is 2. The lowest BCUT2D eigenvalue weighted by atomic mass is 9.75. The van der Waals surface area contributed by atoms with Crippen LogP contribution in [0.4, 0.5) is 17.1 Å². The number of allylic oxidation sites excluding steroid dienone is 1. The first-order valence-corrected chi connectivity index (χ1v) is 19.0. The normalized spacial score (nSPS) is 16.4. The zero-order valence-electron chi connectivity index (χ0n) is 30.0. The fourth-order valence-electron chi connectivity index (χ4n) is 8.80. The zero-order valence-corrected chi connectivity index (χ0v) is 30.0. The molecule has 0 bridgehead atoms. The number of rotatable bonds is 6. The summed E-state index contributed by atoms with van der Waals surface area (Å²) in [6, 6.07) is 58.1. The third-order valence-corrected chi connectivity index (χ3v) is 11.6. The molecule has 0 fully saturated rings. The van der Waals surface area contributed by atoms with Crippen LogP contribution >= 0.6 is 0 Å². The highest BCUT2D eigenvalue weighted by atomic mass is 16.3. The van der Waals surface area contributed by atoms with Crippen LogP contribution in [-0.4, -0.2) is 0 Å². The molecule has 1 heterocycles. The molecule has 8 aromatic rings. The summed E-state index contributed by atoms with van der Waals surface area (Å²) < 4.78 is 6.57. The number of hydrogen-bond donors (Lipinski definition) is 0. The second-order valence-electron chi connectivity index (χ2n) is 14.9. The van der Waals surface area contributed by atoms with Crippen LogP contribution in [0.2, 0.25) is 0 Å². The first-order chi connectivity index (χ1) is 26.1. The van der Waals surface area contributed by atoms with Gasteiger partial charge in [0.1, 0.15) is 11.3 Å². The molecule has 256 valence electrons. The molecular weight excluding hydrogens is 643 g/mol. The van der Waals surface area contributed by atoms with Crippen molar-refractivity contribution in [2.45, 2.75) is 38.5 Å². The summed E-state index contributed by atoms with van der Waals surface area (Å²) in [5.41, 5.74) is 14.9. The van der Waals surface area contributed by atoms with E-state index in [1.807, 2.05) is 0 Å². The molecule has 0 N–H and O–H groups in total. The van der Waals surface area contributed by atoms with Gasteiger partial charge in [0.25, 0.3) is 0 Å². The molecule has 0 saturated heterocycles. The van der Waals surface area contributed by atoms with Crippen LogP contribution in [0, 0.1) is 5.92 Å². The van der Waals surface area contributed by atoms with Gasteiger partial charge < -0.3 is 9.32 Å². The first kappa shape index (κ1) is 31.6. The maximum atomic E-state index is 6.57. The molecule has 0 amide bonds. The minimum Gasteiger partial charge on any atom is -0.461 e. The average Bonchev–Trinajstić information content (AvgIpc) is 3.57. The molecule has 2 aliphatic rings. The second-order valence-corrected chi connectivity index (χ2v) is 14.9. The number of nitrogens with zero attached hydrogens (tertiary/aromatic N) is 1. The Morgan fingerprint density at radius 3 is 2.21 bits per heavy atom. The van der Waals surface area contributed by atoms with Crippen LogP contribution in [-0.2, 0) is 19.3 Å². The molecule has 2 atom stereocenters. The third kappa shape index (κ3) is 5.85. The predicted octanol–water partition coefficient (Wildman–Crippen LogP) is 13.9. The van der Waals surface area contributed by atoms with Crippen LogP contribution in [0.25, 0.3) is 50.1 Å². The minimum atomic E-state index is 0.432. The van der Waals surface area contributed by atoms with E-state index < -0.39 is 0 Å². The highest BCUT2D eigenvalue weighted by Gasteiger charge is 2.31. The second kappa shape index (κ2) is 13.1. The molecule has 0 radical (unpaired) electrons. The number of benzene rings is 7. The summed E-state index contributed by atoms with van der Waals surface area (Å²) in [5, 5.41) is 3.73. The lowest BCUT2D eigenvalue weighted by Gasteiger charge is -2.29. The van der Waals surface area contributed by atoms with E-state index in [1.54, 1.807) is 0 Å². The minimum absolute atomic E-state index is 0.432. The Labute approximate surface area is 311 Å². The predicted molar refractivity (Wildman–Crippen MR) is 222 cm³/mol. The van der Waals surface area contributed by atoms with Gasteiger partial charge in [-0.2, -0.15) is 0 Å². The fraction of sp³-hybridized carbons (Fsp3) is 0.137. The summed E-state index contributed by atoms with van der Waals surface area (Å²) in [7, 11) is 0. The van der Waals surface area contributed by atoms with Crippen LogP contribution in [0.15, 0.2) is 168 Å². The van der Waals surface area contributed by atoms with Gasteiger partial charge in [-0.1, -0.05) is 128 Å². The van der Waals surface area contributed by atoms with Gasteiger partial charge in [0.2, 0.25) is 0 Å². The van der Waals surface area contributed by atoms with E-state index in [-0.39, 0.29) is 0 Å². The van der Waals surface area contributed by atoms with E-state index in [1.165, 1.54) is 66.4 Å². The summed E-state index contributed by atoms with van der Waals surface area (Å²) >= 11 is 0. The SMILES string of the molecule is CC1Cc2oc3ccc(-c4cccc(N(c5ccc6c(c5)CCC=C6)c5ccc6ccccc6c5)c4)cc3c2CC1c1cccc(-c2ccccc2)c1. The molecule has 0 aliphatic heterocycles. The van der Waals surface area contributed by atoms with Gasteiger partial charge in [-0.05, 0) is 129 Å². The quantitative estimate of drug-likeness (QED) is 0.173. The Balaban J connectivity index is 1.03. The van der Waals surface area contributed by atoms with Gasteiger partial charge in [-0.3, -0.25) is 0 Å². The van der Waals surface area contributed by atoms with Crippen molar-refractivity contribution >= 4 is 44.9 Å². The molecule has 53 heavy (non-hydrogen) atoms. The Morgan fingerprint density at radius 2 is 1.30 bits per heavy atom. The van der Waals surface area contributed by atoms with E-state index in [0.29, 0.717) is 11.8 Å². The van der Waals surface area contributed by atoms with Crippen LogP contribution in [0.5, 0.6) is 0 Å². The summed E-state index contributed by atoms with van der Waals surface area (Å²) in [6.07, 6.45) is 8.63. The van der Waals surface area contributed by atoms with Gasteiger partial charge in [0.15, 0.2) is 0 Å². The summed E-state index contributed by atoms with van der Waals surface area (Å²) in [4.78, 5) is 2.42. The van der Waals surface area contributed by atoms with Gasteiger partial charge in [-0.15, -0.1) is 0 Å². The van der Waals surface area contributed by atoms with Crippen molar-refractivity contribution in [2.24, 2.45) is 5.92 Å². The highest BCUT2D eigenvalue weighted by Crippen LogP contribution is 2.44. The molecule has 0 spiro atoms. The van der Waals surface area contributed by atoms with Crippen molar-refractivity contribution in [3.63, 3.8) is 0 Å². The smallest absolute Gasteiger partial charge is 0.134 e. The van der Waals surface area contributed by atoms with Crippen molar-refractivity contribution in [3.8, 4) is 22.3 Å². The van der Waals surface area contributed by atoms with Gasteiger partial charge in [0.05, 0.1) is 0 Å². The van der Waals surface area contributed by atoms with Gasteiger partial charge >= 0.3 is 0 Å². The molecule has 2 nitrogen and oxygen atoms in total. The van der Waals surface area contributed by atoms with E-state index >= 15 is 0 Å². The Bertz CT molecular complexity index is 2660. The van der Waals surface area contributed by atoms with Gasteiger partial charge in [0, 0.05) is 34.4 Å². The van der Waals surface area contributed by atoms with Crippen molar-refractivity contribution in [3.05, 3.63) is 192 Å². The standard InChI is InChI=1S/C51H41NO/c1-34-27-51-49(33-47(34)43-19-9-17-38(28-43)35-11-3-2-4-12-35)48-32-42(23-26-50(48)53-51)41-18-10-20-44(31-41)52(45-24-21-36-13-5-7-15-39(36)29-45)46-25-22-37-14-6-8-16-40(37)30-46/h2-7,9-15,17-26,28-32,34,47H,8,16,27,33H2,1H3. The van der Waals surface area contributed by atoms with Crippen LogP contribution < -0.4 is 4.90 Å². The van der Waals surface area contributed by atoms with Crippen molar-refractivity contribution in [2.75, 3.05) is 4.90 Å². The van der Waals surface area contributed by atoms with Crippen LogP contribution in [0.1, 0.15) is 47.3 Å². The average molecular weight is 684 g/mol. The molecule has 2 heteroatoms. The van der Waals surface area contributed by atoms with Gasteiger partial charge in [-0.25, -0.2) is 0 Å². The molecule has 7 aromatic carbocycles. The number of furan rings is 1. The molecule has 10 rings (SSSR count). The van der Waals surface area contributed by atoms with E-state index in [4.69, 9.17) is 4.42 Å². The van der Waals surface area contributed by atoms with Crippen LogP contribution in [0.3, 0.4) is 0 Å². The van der Waals surface area contributed by atoms with Crippen molar-refractivity contribution in [1.82, 2.24) is 0 Å². The topological polar surface area (TPSA) is 16.4 Å². The molecule has 0 saturated carbocycles. The Hall–Kier alpha value is -6.12. The van der Waals surface area contributed by atoms with Crippen molar-refractivity contribution in [1.29, 1.82) is 0 Å². The number of aryl methyl sites for hydroxylation is 1. The fourth-order valence-corrected chi connectivity index (χ4v) is 8.80. The molecule has 2 aliphatic carbocycles. The maximum Gasteiger partial charge on any atom is 0.134 e. The van der Waals surface area contributed by atoms with Crippen molar-refractivity contribution < 1.29 is 4.42 Å². The Morgan fingerprint density at radius 1 is 0.566 bits per heavy atom. The number of fused-ring (bicyclic) bond motifs is 5. The molecular formula is C51H41NO. The maximum absolute atomic E-state index is 6.57. The highest BCUT2D eigenvalue weighted by molar-refractivity contribution is 5.91. The summed E-state index contributed by atoms with van der Waals surface area (Å²) in [6.45, 7) is 2.38. The lowest BCUT2D eigenvalue weighted by Crippen LogP contribution is -2.20. The van der Waals surface area contributed by atoms with E-state index in [0.717, 1.165) is 48.4 Å². The zero-order chi connectivity index (χ0) is 35.3. The third-order valence-electron chi connectivity index (χ3n) is 11.6. The first-order valence-electron chi connectivity index (χ1n) is 19.0. The molecule has 2 unspecified atom stereocenters. The van der Waals surface area contributed by atoms with E-state index in [9.17, 15) is 0 Å². The molecule has 1 aromatic heterocycles. The monoisotopic (exact) mass is 683 g/mol.